The lowest BCUT2D eigenvalue weighted by Gasteiger charge is -2.27. The van der Waals surface area contributed by atoms with Crippen LogP contribution in [0.25, 0.3) is 0 Å². The molecule has 1 aliphatic rings. The Hall–Kier alpha value is -2.89. The predicted molar refractivity (Wildman–Crippen MR) is 131 cm³/mol. The zero-order chi connectivity index (χ0) is 23.6. The van der Waals surface area contributed by atoms with Crippen molar-refractivity contribution in [2.24, 2.45) is 5.92 Å². The van der Waals surface area contributed by atoms with Crippen molar-refractivity contribution in [3.05, 3.63) is 65.5 Å². The van der Waals surface area contributed by atoms with Gasteiger partial charge in [-0.3, -0.25) is 9.59 Å². The summed E-state index contributed by atoms with van der Waals surface area (Å²) in [6.07, 6.45) is 6.52. The second kappa shape index (κ2) is 12.4. The number of carbonyl (C=O) groups is 2. The second-order valence-corrected chi connectivity index (χ2v) is 9.16. The predicted octanol–water partition coefficient (Wildman–Crippen LogP) is 4.92. The van der Waals surface area contributed by atoms with E-state index in [1.807, 2.05) is 38.1 Å². The van der Waals surface area contributed by atoms with Crippen LogP contribution in [0.15, 0.2) is 48.5 Å². The number of nitrogens with one attached hydrogen (secondary N) is 3. The van der Waals surface area contributed by atoms with Crippen LogP contribution in [-0.2, 0) is 9.59 Å². The monoisotopic (exact) mass is 453 g/mol. The molecule has 0 radical (unpaired) electrons. The van der Waals surface area contributed by atoms with E-state index in [2.05, 4.69) is 16.0 Å². The van der Waals surface area contributed by atoms with Gasteiger partial charge < -0.3 is 16.0 Å². The van der Waals surface area contributed by atoms with Crippen LogP contribution in [0.2, 0.25) is 0 Å². The Morgan fingerprint density at radius 1 is 0.939 bits per heavy atom. The molecule has 6 heteroatoms. The molecule has 2 aromatic rings. The first kappa shape index (κ1) is 24.7. The highest BCUT2D eigenvalue weighted by molar-refractivity contribution is 5.90. The average Bonchev–Trinajstić information content (AvgIpc) is 2.83. The lowest BCUT2D eigenvalue weighted by Crippen LogP contribution is -2.49. The molecule has 2 aromatic carbocycles. The Labute approximate surface area is 196 Å². The SMILES string of the molecule is Cc1ccc(C(C)C(=O)N[C@@H](CC2CCCCC2)C(=O)NCCNc2ccc(F)cc2)cc1. The molecule has 3 N–H and O–H groups in total. The lowest BCUT2D eigenvalue weighted by atomic mass is 9.84. The van der Waals surface area contributed by atoms with Crippen molar-refractivity contribution in [1.29, 1.82) is 0 Å². The number of anilines is 1. The fraction of sp³-hybridized carbons (Fsp3) is 0.481. The summed E-state index contributed by atoms with van der Waals surface area (Å²) in [5.41, 5.74) is 2.89. The molecule has 2 amide bonds. The van der Waals surface area contributed by atoms with Crippen LogP contribution in [0.3, 0.4) is 0 Å². The molecule has 2 atom stereocenters. The summed E-state index contributed by atoms with van der Waals surface area (Å²) in [4.78, 5) is 26.0. The fourth-order valence-corrected chi connectivity index (χ4v) is 4.37. The molecule has 0 spiro atoms. The molecule has 1 unspecified atom stereocenters. The molecule has 5 nitrogen and oxygen atoms in total. The first-order chi connectivity index (χ1) is 15.9. The van der Waals surface area contributed by atoms with Gasteiger partial charge in [0.15, 0.2) is 0 Å². The van der Waals surface area contributed by atoms with Crippen molar-refractivity contribution in [2.45, 2.75) is 64.3 Å². The minimum absolute atomic E-state index is 0.126. The second-order valence-electron chi connectivity index (χ2n) is 9.16. The van der Waals surface area contributed by atoms with E-state index in [0.717, 1.165) is 29.7 Å². The number of hydrogen-bond donors (Lipinski definition) is 3. The number of hydrogen-bond acceptors (Lipinski definition) is 3. The Morgan fingerprint density at radius 3 is 2.27 bits per heavy atom. The average molecular weight is 454 g/mol. The zero-order valence-electron chi connectivity index (χ0n) is 19.7. The smallest absolute Gasteiger partial charge is 0.242 e. The molecule has 1 fully saturated rings. The molecule has 0 aliphatic heterocycles. The molecular formula is C27H36FN3O2. The summed E-state index contributed by atoms with van der Waals surface area (Å²) in [5.74, 6) is -0.422. The van der Waals surface area contributed by atoms with Crippen LogP contribution in [0.1, 0.15) is 62.5 Å². The molecule has 33 heavy (non-hydrogen) atoms. The van der Waals surface area contributed by atoms with E-state index in [4.69, 9.17) is 0 Å². The maximum absolute atomic E-state index is 13.0. The van der Waals surface area contributed by atoms with E-state index in [1.54, 1.807) is 12.1 Å². The Morgan fingerprint density at radius 2 is 1.61 bits per heavy atom. The molecule has 0 aromatic heterocycles. The summed E-state index contributed by atoms with van der Waals surface area (Å²) in [5, 5.41) is 9.15. The van der Waals surface area contributed by atoms with Crippen LogP contribution in [0.5, 0.6) is 0 Å². The molecule has 178 valence electrons. The van der Waals surface area contributed by atoms with E-state index in [9.17, 15) is 14.0 Å². The van der Waals surface area contributed by atoms with E-state index in [-0.39, 0.29) is 23.5 Å². The third-order valence-electron chi connectivity index (χ3n) is 6.49. The Balaban J connectivity index is 1.56. The van der Waals surface area contributed by atoms with Crippen molar-refractivity contribution in [1.82, 2.24) is 10.6 Å². The molecule has 1 saturated carbocycles. The number of rotatable bonds is 10. The third-order valence-corrected chi connectivity index (χ3v) is 6.49. The van der Waals surface area contributed by atoms with Crippen LogP contribution < -0.4 is 16.0 Å². The molecule has 3 rings (SSSR count). The van der Waals surface area contributed by atoms with Gasteiger partial charge in [-0.25, -0.2) is 4.39 Å². The minimum atomic E-state index is -0.542. The molecular weight excluding hydrogens is 417 g/mol. The minimum Gasteiger partial charge on any atom is -0.383 e. The summed E-state index contributed by atoms with van der Waals surface area (Å²) in [6.45, 7) is 4.83. The topological polar surface area (TPSA) is 70.2 Å². The maximum Gasteiger partial charge on any atom is 0.242 e. The zero-order valence-corrected chi connectivity index (χ0v) is 19.7. The number of amides is 2. The summed E-state index contributed by atoms with van der Waals surface area (Å²) >= 11 is 0. The van der Waals surface area contributed by atoms with E-state index < -0.39 is 6.04 Å². The molecule has 0 bridgehead atoms. The Bertz CT molecular complexity index is 893. The fourth-order valence-electron chi connectivity index (χ4n) is 4.37. The van der Waals surface area contributed by atoms with Crippen molar-refractivity contribution >= 4 is 17.5 Å². The lowest BCUT2D eigenvalue weighted by molar-refractivity contribution is -0.130. The van der Waals surface area contributed by atoms with Crippen LogP contribution in [-0.4, -0.2) is 30.9 Å². The van der Waals surface area contributed by atoms with Crippen LogP contribution >= 0.6 is 0 Å². The van der Waals surface area contributed by atoms with Crippen LogP contribution in [0.4, 0.5) is 10.1 Å². The van der Waals surface area contributed by atoms with Crippen molar-refractivity contribution in [3.8, 4) is 0 Å². The van der Waals surface area contributed by atoms with Gasteiger partial charge in [0.25, 0.3) is 0 Å². The van der Waals surface area contributed by atoms with Gasteiger partial charge in [-0.15, -0.1) is 0 Å². The number of aryl methyl sites for hydroxylation is 1. The third kappa shape index (κ3) is 7.88. The van der Waals surface area contributed by atoms with E-state index in [1.165, 1.54) is 31.4 Å². The highest BCUT2D eigenvalue weighted by Crippen LogP contribution is 2.27. The van der Waals surface area contributed by atoms with Crippen molar-refractivity contribution in [2.75, 3.05) is 18.4 Å². The molecule has 0 heterocycles. The number of benzene rings is 2. The molecule has 1 aliphatic carbocycles. The largest absolute Gasteiger partial charge is 0.383 e. The van der Waals surface area contributed by atoms with Gasteiger partial charge in [0.1, 0.15) is 11.9 Å². The quantitative estimate of drug-likeness (QED) is 0.447. The highest BCUT2D eigenvalue weighted by atomic mass is 19.1. The van der Waals surface area contributed by atoms with Gasteiger partial charge in [0.05, 0.1) is 5.92 Å². The van der Waals surface area contributed by atoms with E-state index in [0.29, 0.717) is 25.4 Å². The van der Waals surface area contributed by atoms with Gasteiger partial charge >= 0.3 is 0 Å². The van der Waals surface area contributed by atoms with Crippen molar-refractivity contribution in [3.63, 3.8) is 0 Å². The Kier molecular flexibility index (Phi) is 9.28. The maximum atomic E-state index is 13.0. The molecule has 0 saturated heterocycles. The summed E-state index contributed by atoms with van der Waals surface area (Å²) in [7, 11) is 0. The van der Waals surface area contributed by atoms with Crippen LogP contribution in [0, 0.1) is 18.7 Å². The number of halogens is 1. The normalized spacial score (nSPS) is 16.0. The van der Waals surface area contributed by atoms with Gasteiger partial charge in [-0.2, -0.15) is 0 Å². The van der Waals surface area contributed by atoms with Gasteiger partial charge in [-0.1, -0.05) is 61.9 Å². The van der Waals surface area contributed by atoms with Crippen molar-refractivity contribution < 1.29 is 14.0 Å². The van der Waals surface area contributed by atoms with E-state index >= 15 is 0 Å². The first-order valence-corrected chi connectivity index (χ1v) is 12.1. The summed E-state index contributed by atoms with van der Waals surface area (Å²) in [6, 6.07) is 13.5. The van der Waals surface area contributed by atoms with Gasteiger partial charge in [0, 0.05) is 18.8 Å². The highest BCUT2D eigenvalue weighted by Gasteiger charge is 2.27. The van der Waals surface area contributed by atoms with Gasteiger partial charge in [-0.05, 0) is 56.0 Å². The number of carbonyl (C=O) groups excluding carboxylic acids is 2. The summed E-state index contributed by atoms with van der Waals surface area (Å²) < 4.78 is 13.0. The van der Waals surface area contributed by atoms with Gasteiger partial charge in [0.2, 0.25) is 11.8 Å². The first-order valence-electron chi connectivity index (χ1n) is 12.1. The standard InChI is InChI=1S/C27H36FN3O2/c1-19-8-10-22(11-9-19)20(2)26(32)31-25(18-21-6-4-3-5-7-21)27(33)30-17-16-29-24-14-12-23(28)13-15-24/h8-15,20-21,25,29H,3-7,16-18H2,1-2H3,(H,30,33)(H,31,32)/t20?,25-/m0/s1.